The molecule has 0 heterocycles. The second-order valence-electron chi connectivity index (χ2n) is 4.73. The summed E-state index contributed by atoms with van der Waals surface area (Å²) in [5.41, 5.74) is 2.17. The molecule has 1 atom stereocenters. The molecule has 0 saturated carbocycles. The summed E-state index contributed by atoms with van der Waals surface area (Å²) in [5.74, 6) is -0.398. The molecule has 4 heteroatoms. The van der Waals surface area contributed by atoms with Crippen LogP contribution in [0.15, 0.2) is 42.5 Å². The van der Waals surface area contributed by atoms with Crippen LogP contribution in [0.5, 0.6) is 5.75 Å². The number of benzene rings is 2. The van der Waals surface area contributed by atoms with Gasteiger partial charge >= 0.3 is 0 Å². The molecule has 2 aromatic carbocycles. The summed E-state index contributed by atoms with van der Waals surface area (Å²) in [6.45, 7) is 3.40. The maximum absolute atomic E-state index is 12.1. The maximum atomic E-state index is 12.1. The first-order chi connectivity index (χ1) is 9.49. The van der Waals surface area contributed by atoms with Gasteiger partial charge in [-0.3, -0.25) is 4.79 Å². The third-order valence-electron chi connectivity index (χ3n) is 3.11. The molecule has 1 amide bonds. The lowest BCUT2D eigenvalue weighted by molar-refractivity contribution is 0.102. The minimum Gasteiger partial charge on any atom is -0.507 e. The average Bonchev–Trinajstić information content (AvgIpc) is 2.42. The number of aliphatic hydroxyl groups excluding tert-OH is 1. The Morgan fingerprint density at radius 1 is 1.20 bits per heavy atom. The maximum Gasteiger partial charge on any atom is 0.259 e. The molecule has 0 aromatic heterocycles. The molecule has 0 aliphatic heterocycles. The highest BCUT2D eigenvalue weighted by molar-refractivity contribution is 6.06. The van der Waals surface area contributed by atoms with Crippen LogP contribution in [0.2, 0.25) is 0 Å². The number of aliphatic hydroxyl groups is 1. The van der Waals surface area contributed by atoms with Gasteiger partial charge in [0.2, 0.25) is 0 Å². The minimum absolute atomic E-state index is 0.0170. The van der Waals surface area contributed by atoms with Gasteiger partial charge in [0.25, 0.3) is 5.91 Å². The van der Waals surface area contributed by atoms with E-state index in [0.717, 1.165) is 5.56 Å². The van der Waals surface area contributed by atoms with Gasteiger partial charge in [0.15, 0.2) is 0 Å². The van der Waals surface area contributed by atoms with Gasteiger partial charge in [-0.05, 0) is 43.2 Å². The van der Waals surface area contributed by atoms with E-state index in [9.17, 15) is 15.0 Å². The number of aryl methyl sites for hydroxylation is 1. The Kier molecular flexibility index (Phi) is 4.05. The van der Waals surface area contributed by atoms with Crippen LogP contribution in [-0.4, -0.2) is 16.1 Å². The predicted octanol–water partition coefficient (Wildman–Crippen LogP) is 3.01. The molecule has 0 aliphatic carbocycles. The van der Waals surface area contributed by atoms with E-state index in [1.807, 2.05) is 0 Å². The van der Waals surface area contributed by atoms with Crippen molar-refractivity contribution in [1.82, 2.24) is 0 Å². The molecule has 4 nitrogen and oxygen atoms in total. The van der Waals surface area contributed by atoms with Crippen molar-refractivity contribution in [3.05, 3.63) is 59.2 Å². The molecule has 0 fully saturated rings. The Bertz CT molecular complexity index is 635. The van der Waals surface area contributed by atoms with Crippen LogP contribution >= 0.6 is 0 Å². The first-order valence-electron chi connectivity index (χ1n) is 6.37. The SMILES string of the molecule is Cc1cccc(C(=O)Nc2cccc(C(C)O)c2)c1O. The Morgan fingerprint density at radius 2 is 1.90 bits per heavy atom. The number of hydrogen-bond acceptors (Lipinski definition) is 3. The number of phenols is 1. The van der Waals surface area contributed by atoms with Crippen molar-refractivity contribution in [3.8, 4) is 5.75 Å². The summed E-state index contributed by atoms with van der Waals surface area (Å²) in [7, 11) is 0. The minimum atomic E-state index is -0.598. The van der Waals surface area contributed by atoms with Crippen molar-refractivity contribution in [1.29, 1.82) is 0 Å². The van der Waals surface area contributed by atoms with E-state index < -0.39 is 6.10 Å². The van der Waals surface area contributed by atoms with Gasteiger partial charge in [-0.2, -0.15) is 0 Å². The molecule has 2 rings (SSSR count). The van der Waals surface area contributed by atoms with Crippen molar-refractivity contribution < 1.29 is 15.0 Å². The number of amides is 1. The Labute approximate surface area is 117 Å². The van der Waals surface area contributed by atoms with E-state index in [2.05, 4.69) is 5.32 Å². The second kappa shape index (κ2) is 5.75. The van der Waals surface area contributed by atoms with Gasteiger partial charge < -0.3 is 15.5 Å². The highest BCUT2D eigenvalue weighted by Crippen LogP contribution is 2.23. The molecular weight excluding hydrogens is 254 g/mol. The van der Waals surface area contributed by atoms with Crippen LogP contribution in [0, 0.1) is 6.92 Å². The van der Waals surface area contributed by atoms with Crippen molar-refractivity contribution in [2.75, 3.05) is 5.32 Å². The Morgan fingerprint density at radius 3 is 2.60 bits per heavy atom. The molecule has 20 heavy (non-hydrogen) atoms. The third kappa shape index (κ3) is 2.97. The quantitative estimate of drug-likeness (QED) is 0.803. The van der Waals surface area contributed by atoms with Crippen LogP contribution < -0.4 is 5.32 Å². The van der Waals surface area contributed by atoms with Crippen molar-refractivity contribution in [2.24, 2.45) is 0 Å². The van der Waals surface area contributed by atoms with Crippen LogP contribution in [-0.2, 0) is 0 Å². The monoisotopic (exact) mass is 271 g/mol. The van der Waals surface area contributed by atoms with E-state index in [1.54, 1.807) is 56.3 Å². The standard InChI is InChI=1S/C16H17NO3/c1-10-5-3-8-14(15(10)19)16(20)17-13-7-4-6-12(9-13)11(2)18/h3-9,11,18-19H,1-2H3,(H,17,20). The van der Waals surface area contributed by atoms with Crippen LogP contribution in [0.3, 0.4) is 0 Å². The third-order valence-corrected chi connectivity index (χ3v) is 3.11. The lowest BCUT2D eigenvalue weighted by atomic mass is 10.1. The van der Waals surface area contributed by atoms with Gasteiger partial charge in [0.05, 0.1) is 11.7 Å². The summed E-state index contributed by atoms with van der Waals surface area (Å²) in [4.78, 5) is 12.1. The molecule has 0 spiro atoms. The van der Waals surface area contributed by atoms with E-state index >= 15 is 0 Å². The van der Waals surface area contributed by atoms with Gasteiger partial charge in [-0.1, -0.05) is 24.3 Å². The number of rotatable bonds is 3. The van der Waals surface area contributed by atoms with E-state index in [0.29, 0.717) is 11.3 Å². The molecule has 0 bridgehead atoms. The lowest BCUT2D eigenvalue weighted by Gasteiger charge is -2.10. The number of anilines is 1. The number of carbonyl (C=O) groups excluding carboxylic acids is 1. The zero-order valence-electron chi connectivity index (χ0n) is 11.4. The molecule has 2 aromatic rings. The molecule has 0 radical (unpaired) electrons. The zero-order valence-corrected chi connectivity index (χ0v) is 11.4. The molecule has 104 valence electrons. The highest BCUT2D eigenvalue weighted by atomic mass is 16.3. The summed E-state index contributed by atoms with van der Waals surface area (Å²) in [6, 6.07) is 12.0. The Hall–Kier alpha value is -2.33. The number of para-hydroxylation sites is 1. The number of hydrogen-bond donors (Lipinski definition) is 3. The van der Waals surface area contributed by atoms with Crippen molar-refractivity contribution >= 4 is 11.6 Å². The summed E-state index contributed by atoms with van der Waals surface area (Å²) in [6.07, 6.45) is -0.598. The fraction of sp³-hybridized carbons (Fsp3) is 0.188. The predicted molar refractivity (Wildman–Crippen MR) is 77.9 cm³/mol. The number of nitrogens with one attached hydrogen (secondary N) is 1. The fourth-order valence-corrected chi connectivity index (χ4v) is 1.92. The lowest BCUT2D eigenvalue weighted by Crippen LogP contribution is -2.12. The van der Waals surface area contributed by atoms with Gasteiger partial charge in [-0.25, -0.2) is 0 Å². The smallest absolute Gasteiger partial charge is 0.259 e. The van der Waals surface area contributed by atoms with Crippen molar-refractivity contribution in [2.45, 2.75) is 20.0 Å². The van der Waals surface area contributed by atoms with Gasteiger partial charge in [0.1, 0.15) is 5.75 Å². The van der Waals surface area contributed by atoms with Crippen molar-refractivity contribution in [3.63, 3.8) is 0 Å². The van der Waals surface area contributed by atoms with Gasteiger partial charge in [0, 0.05) is 5.69 Å². The normalized spacial score (nSPS) is 11.9. The summed E-state index contributed by atoms with van der Waals surface area (Å²) in [5, 5.41) is 22.1. The van der Waals surface area contributed by atoms with Crippen LogP contribution in [0.1, 0.15) is 34.5 Å². The number of phenolic OH excluding ortho intramolecular Hbond substituents is 1. The van der Waals surface area contributed by atoms with E-state index in [1.165, 1.54) is 0 Å². The van der Waals surface area contributed by atoms with Crippen LogP contribution in [0.4, 0.5) is 5.69 Å². The molecule has 0 aliphatic rings. The van der Waals surface area contributed by atoms with E-state index in [-0.39, 0.29) is 17.2 Å². The average molecular weight is 271 g/mol. The van der Waals surface area contributed by atoms with Gasteiger partial charge in [-0.15, -0.1) is 0 Å². The molecule has 1 unspecified atom stereocenters. The molecule has 0 saturated heterocycles. The zero-order chi connectivity index (χ0) is 14.7. The van der Waals surface area contributed by atoms with E-state index in [4.69, 9.17) is 0 Å². The van der Waals surface area contributed by atoms with Crippen LogP contribution in [0.25, 0.3) is 0 Å². The first kappa shape index (κ1) is 14.1. The summed E-state index contributed by atoms with van der Waals surface area (Å²) >= 11 is 0. The highest BCUT2D eigenvalue weighted by Gasteiger charge is 2.13. The number of aromatic hydroxyl groups is 1. The first-order valence-corrected chi connectivity index (χ1v) is 6.37. The Balaban J connectivity index is 2.24. The largest absolute Gasteiger partial charge is 0.507 e. The summed E-state index contributed by atoms with van der Waals surface area (Å²) < 4.78 is 0. The topological polar surface area (TPSA) is 69.6 Å². The number of carbonyl (C=O) groups is 1. The molecular formula is C16H17NO3. The fourth-order valence-electron chi connectivity index (χ4n) is 1.92. The molecule has 3 N–H and O–H groups in total. The second-order valence-corrected chi connectivity index (χ2v) is 4.73.